The minimum absolute atomic E-state index is 0.176. The molecule has 0 atom stereocenters. The quantitative estimate of drug-likeness (QED) is 0.764. The molecule has 1 aromatic rings. The van der Waals surface area contributed by atoms with Crippen LogP contribution in [-0.4, -0.2) is 6.54 Å². The Morgan fingerprint density at radius 1 is 1.33 bits per heavy atom. The van der Waals surface area contributed by atoms with Crippen LogP contribution in [0.4, 0.5) is 0 Å². The number of benzene rings is 1. The van der Waals surface area contributed by atoms with Crippen LogP contribution in [0.15, 0.2) is 28.7 Å². The summed E-state index contributed by atoms with van der Waals surface area (Å²) in [4.78, 5) is 0. The molecule has 0 radical (unpaired) electrons. The number of halogens is 1. The fraction of sp³-hybridized carbons (Fsp3) is 0.533. The lowest BCUT2D eigenvalue weighted by Gasteiger charge is -2.14. The SMILES string of the molecule is CC(C)(C#N)CCCCNCc1cccc(Br)c1. The Bertz CT molecular complexity index is 407. The van der Waals surface area contributed by atoms with Crippen LogP contribution in [0.2, 0.25) is 0 Å². The van der Waals surface area contributed by atoms with Gasteiger partial charge < -0.3 is 5.32 Å². The molecule has 0 aliphatic heterocycles. The fourth-order valence-corrected chi connectivity index (χ4v) is 2.20. The van der Waals surface area contributed by atoms with Gasteiger partial charge in [-0.25, -0.2) is 0 Å². The molecule has 18 heavy (non-hydrogen) atoms. The number of hydrogen-bond donors (Lipinski definition) is 1. The first-order valence-electron chi connectivity index (χ1n) is 6.40. The summed E-state index contributed by atoms with van der Waals surface area (Å²) >= 11 is 3.47. The topological polar surface area (TPSA) is 35.8 Å². The molecule has 0 heterocycles. The van der Waals surface area contributed by atoms with Crippen molar-refractivity contribution in [2.45, 2.75) is 39.7 Å². The summed E-state index contributed by atoms with van der Waals surface area (Å²) in [6, 6.07) is 10.7. The smallest absolute Gasteiger partial charge is 0.0683 e. The Balaban J connectivity index is 2.11. The van der Waals surface area contributed by atoms with Crippen molar-refractivity contribution in [1.82, 2.24) is 5.32 Å². The van der Waals surface area contributed by atoms with E-state index in [1.165, 1.54) is 5.56 Å². The van der Waals surface area contributed by atoms with Crippen LogP contribution in [0, 0.1) is 16.7 Å². The van der Waals surface area contributed by atoms with Crippen LogP contribution in [0.3, 0.4) is 0 Å². The normalized spacial score (nSPS) is 11.2. The maximum atomic E-state index is 8.90. The minimum Gasteiger partial charge on any atom is -0.313 e. The van der Waals surface area contributed by atoms with Crippen LogP contribution in [0.25, 0.3) is 0 Å². The highest BCUT2D eigenvalue weighted by Crippen LogP contribution is 2.21. The van der Waals surface area contributed by atoms with Gasteiger partial charge in [0, 0.05) is 11.0 Å². The lowest BCUT2D eigenvalue weighted by molar-refractivity contribution is 0.422. The van der Waals surface area contributed by atoms with E-state index in [0.717, 1.165) is 36.8 Å². The Labute approximate surface area is 119 Å². The van der Waals surface area contributed by atoms with Crippen molar-refractivity contribution in [3.63, 3.8) is 0 Å². The molecule has 1 rings (SSSR count). The first kappa shape index (κ1) is 15.2. The predicted octanol–water partition coefficient (Wildman–Crippen LogP) is 4.26. The molecule has 1 N–H and O–H groups in total. The van der Waals surface area contributed by atoms with Gasteiger partial charge in [-0.1, -0.05) is 34.5 Å². The molecule has 0 fully saturated rings. The van der Waals surface area contributed by atoms with Crippen LogP contribution < -0.4 is 5.32 Å². The van der Waals surface area contributed by atoms with Crippen molar-refractivity contribution in [2.24, 2.45) is 5.41 Å². The molecule has 98 valence electrons. The highest BCUT2D eigenvalue weighted by molar-refractivity contribution is 9.10. The molecule has 0 spiro atoms. The molecular formula is C15H21BrN2. The van der Waals surface area contributed by atoms with Crippen LogP contribution >= 0.6 is 15.9 Å². The zero-order chi connectivity index (χ0) is 13.4. The van der Waals surface area contributed by atoms with Crippen LogP contribution in [0.5, 0.6) is 0 Å². The van der Waals surface area contributed by atoms with E-state index in [0.29, 0.717) is 0 Å². The van der Waals surface area contributed by atoms with E-state index >= 15 is 0 Å². The fourth-order valence-electron chi connectivity index (χ4n) is 1.75. The van der Waals surface area contributed by atoms with Crippen molar-refractivity contribution in [3.8, 4) is 6.07 Å². The number of unbranched alkanes of at least 4 members (excludes halogenated alkanes) is 1. The van der Waals surface area contributed by atoms with Gasteiger partial charge in [0.1, 0.15) is 0 Å². The van der Waals surface area contributed by atoms with Gasteiger partial charge in [-0.3, -0.25) is 0 Å². The van der Waals surface area contributed by atoms with E-state index < -0.39 is 0 Å². The first-order valence-corrected chi connectivity index (χ1v) is 7.19. The lowest BCUT2D eigenvalue weighted by Crippen LogP contribution is -2.15. The summed E-state index contributed by atoms with van der Waals surface area (Å²) in [6.45, 7) is 5.92. The number of nitriles is 1. The van der Waals surface area contributed by atoms with Crippen molar-refractivity contribution >= 4 is 15.9 Å². The molecule has 0 aromatic heterocycles. The summed E-state index contributed by atoms with van der Waals surface area (Å²) in [5.41, 5.74) is 1.12. The number of hydrogen-bond acceptors (Lipinski definition) is 2. The minimum atomic E-state index is -0.176. The highest BCUT2D eigenvalue weighted by atomic mass is 79.9. The van der Waals surface area contributed by atoms with Crippen molar-refractivity contribution in [2.75, 3.05) is 6.54 Å². The lowest BCUT2D eigenvalue weighted by atomic mass is 9.89. The second-order valence-corrected chi connectivity index (χ2v) is 6.18. The molecule has 0 unspecified atom stereocenters. The van der Waals surface area contributed by atoms with E-state index in [9.17, 15) is 0 Å². The molecule has 0 bridgehead atoms. The van der Waals surface area contributed by atoms with Gasteiger partial charge in [0.25, 0.3) is 0 Å². The second kappa shape index (κ2) is 7.56. The summed E-state index contributed by atoms with van der Waals surface area (Å²) in [5, 5.41) is 12.3. The Kier molecular flexibility index (Phi) is 6.38. The maximum absolute atomic E-state index is 8.90. The summed E-state index contributed by atoms with van der Waals surface area (Å²) in [6.07, 6.45) is 3.20. The molecule has 2 nitrogen and oxygen atoms in total. The van der Waals surface area contributed by atoms with Crippen molar-refractivity contribution in [3.05, 3.63) is 34.3 Å². The Hall–Kier alpha value is -0.850. The molecule has 0 aliphatic rings. The summed E-state index contributed by atoms with van der Waals surface area (Å²) < 4.78 is 1.12. The third-order valence-corrected chi connectivity index (χ3v) is 3.42. The summed E-state index contributed by atoms with van der Waals surface area (Å²) in [7, 11) is 0. The monoisotopic (exact) mass is 308 g/mol. The third kappa shape index (κ3) is 6.18. The van der Waals surface area contributed by atoms with Crippen molar-refractivity contribution in [1.29, 1.82) is 5.26 Å². The zero-order valence-corrected chi connectivity index (χ0v) is 12.8. The molecule has 0 amide bonds. The van der Waals surface area contributed by atoms with Gasteiger partial charge in [0.05, 0.1) is 11.5 Å². The maximum Gasteiger partial charge on any atom is 0.0683 e. The van der Waals surface area contributed by atoms with E-state index in [4.69, 9.17) is 5.26 Å². The molecule has 0 saturated carbocycles. The number of rotatable bonds is 7. The summed E-state index contributed by atoms with van der Waals surface area (Å²) in [5.74, 6) is 0. The number of nitrogens with one attached hydrogen (secondary N) is 1. The van der Waals surface area contributed by atoms with E-state index in [2.05, 4.69) is 45.5 Å². The first-order chi connectivity index (χ1) is 8.53. The Morgan fingerprint density at radius 2 is 2.11 bits per heavy atom. The largest absolute Gasteiger partial charge is 0.313 e. The molecule has 0 aliphatic carbocycles. The zero-order valence-electron chi connectivity index (χ0n) is 11.2. The highest BCUT2D eigenvalue weighted by Gasteiger charge is 2.15. The number of nitrogens with zero attached hydrogens (tertiary/aromatic N) is 1. The van der Waals surface area contributed by atoms with Crippen LogP contribution in [0.1, 0.15) is 38.7 Å². The molecule has 1 aromatic carbocycles. The average molecular weight is 309 g/mol. The average Bonchev–Trinajstić information content (AvgIpc) is 2.34. The molecule has 0 saturated heterocycles. The van der Waals surface area contributed by atoms with Gasteiger partial charge in [0.2, 0.25) is 0 Å². The second-order valence-electron chi connectivity index (χ2n) is 5.26. The molecular weight excluding hydrogens is 288 g/mol. The van der Waals surface area contributed by atoms with E-state index in [-0.39, 0.29) is 5.41 Å². The van der Waals surface area contributed by atoms with Gasteiger partial charge in [-0.15, -0.1) is 0 Å². The van der Waals surface area contributed by atoms with Crippen LogP contribution in [-0.2, 0) is 6.54 Å². The van der Waals surface area contributed by atoms with Gasteiger partial charge in [-0.2, -0.15) is 5.26 Å². The van der Waals surface area contributed by atoms with Gasteiger partial charge in [0.15, 0.2) is 0 Å². The van der Waals surface area contributed by atoms with Gasteiger partial charge in [-0.05, 0) is 50.9 Å². The van der Waals surface area contributed by atoms with Gasteiger partial charge >= 0.3 is 0 Å². The van der Waals surface area contributed by atoms with Crippen molar-refractivity contribution < 1.29 is 0 Å². The predicted molar refractivity (Wildman–Crippen MR) is 79.1 cm³/mol. The van der Waals surface area contributed by atoms with E-state index in [1.54, 1.807) is 0 Å². The Morgan fingerprint density at radius 3 is 2.78 bits per heavy atom. The van der Waals surface area contributed by atoms with E-state index in [1.807, 2.05) is 19.9 Å². The molecule has 3 heteroatoms. The standard InChI is InChI=1S/C15H21BrN2/c1-15(2,12-17)8-3-4-9-18-11-13-6-5-7-14(16)10-13/h5-7,10,18H,3-4,8-9,11H2,1-2H3. The third-order valence-electron chi connectivity index (χ3n) is 2.93.